The van der Waals surface area contributed by atoms with Crippen LogP contribution in [0.15, 0.2) is 18.8 Å². The first kappa shape index (κ1) is 9.38. The van der Waals surface area contributed by atoms with Crippen molar-refractivity contribution in [1.82, 2.24) is 4.98 Å². The molecule has 1 aromatic heterocycles. The van der Waals surface area contributed by atoms with E-state index in [1.54, 1.807) is 12.3 Å². The Morgan fingerprint density at radius 3 is 2.85 bits per heavy atom. The van der Waals surface area contributed by atoms with E-state index in [0.29, 0.717) is 23.9 Å². The average molecular weight is 179 g/mol. The Hall–Kier alpha value is -1.71. The largest absolute Gasteiger partial charge is 0.494 e. The minimum Gasteiger partial charge on any atom is -0.494 e. The number of hydrogen-bond donors (Lipinski definition) is 2. The van der Waals surface area contributed by atoms with Gasteiger partial charge in [-0.15, -0.1) is 0 Å². The summed E-state index contributed by atoms with van der Waals surface area (Å²) >= 11 is 0. The van der Waals surface area contributed by atoms with Crippen LogP contribution in [0, 0.1) is 0 Å². The van der Waals surface area contributed by atoms with Gasteiger partial charge in [0.2, 0.25) is 0 Å². The minimum absolute atomic E-state index is 0.327. The van der Waals surface area contributed by atoms with Crippen molar-refractivity contribution < 1.29 is 4.74 Å². The summed E-state index contributed by atoms with van der Waals surface area (Å²) in [5, 5.41) is 0. The summed E-state index contributed by atoms with van der Waals surface area (Å²) in [6, 6.07) is 1.69. The lowest BCUT2D eigenvalue weighted by Crippen LogP contribution is -1.99. The highest BCUT2D eigenvalue weighted by atomic mass is 16.5. The third-order valence-electron chi connectivity index (χ3n) is 1.59. The van der Waals surface area contributed by atoms with Crippen molar-refractivity contribution in [2.75, 3.05) is 18.1 Å². The lowest BCUT2D eigenvalue weighted by atomic mass is 10.2. The first-order valence-corrected chi connectivity index (χ1v) is 3.98. The second-order valence-corrected chi connectivity index (χ2v) is 2.55. The molecule has 0 aliphatic heterocycles. The molecule has 1 aromatic rings. The van der Waals surface area contributed by atoms with Gasteiger partial charge in [0.05, 0.1) is 12.3 Å². The van der Waals surface area contributed by atoms with Gasteiger partial charge in [-0.2, -0.15) is 0 Å². The van der Waals surface area contributed by atoms with Gasteiger partial charge in [0.1, 0.15) is 11.6 Å². The van der Waals surface area contributed by atoms with Gasteiger partial charge in [-0.3, -0.25) is 0 Å². The standard InChI is InChI=1S/C9H13N3O/c1-3-13-6(2)7-4-8(10)9(11)12-5-7/h4-5H,2-3,10H2,1H3,(H2,11,12). The summed E-state index contributed by atoms with van der Waals surface area (Å²) < 4.78 is 5.19. The van der Waals surface area contributed by atoms with Gasteiger partial charge in [0, 0.05) is 11.8 Å². The molecule has 0 unspecified atom stereocenters. The maximum absolute atomic E-state index is 5.57. The number of rotatable bonds is 3. The molecule has 0 fully saturated rings. The summed E-state index contributed by atoms with van der Waals surface area (Å²) in [6.07, 6.45) is 1.59. The van der Waals surface area contributed by atoms with Crippen molar-refractivity contribution in [2.45, 2.75) is 6.92 Å². The number of pyridine rings is 1. The summed E-state index contributed by atoms with van der Waals surface area (Å²) in [7, 11) is 0. The molecular weight excluding hydrogens is 166 g/mol. The number of anilines is 2. The molecule has 1 heterocycles. The number of nitrogen functional groups attached to an aromatic ring is 2. The van der Waals surface area contributed by atoms with E-state index >= 15 is 0 Å². The van der Waals surface area contributed by atoms with Crippen molar-refractivity contribution in [3.63, 3.8) is 0 Å². The molecule has 0 amide bonds. The lowest BCUT2D eigenvalue weighted by molar-refractivity contribution is 0.299. The molecule has 0 bridgehead atoms. The van der Waals surface area contributed by atoms with Crippen LogP contribution in [0.4, 0.5) is 11.5 Å². The van der Waals surface area contributed by atoms with E-state index in [4.69, 9.17) is 16.2 Å². The summed E-state index contributed by atoms with van der Waals surface area (Å²) in [5.74, 6) is 0.884. The second-order valence-electron chi connectivity index (χ2n) is 2.55. The van der Waals surface area contributed by atoms with E-state index in [0.717, 1.165) is 5.56 Å². The molecule has 13 heavy (non-hydrogen) atoms. The van der Waals surface area contributed by atoms with Crippen LogP contribution in [0.25, 0.3) is 5.76 Å². The maximum atomic E-state index is 5.57. The fourth-order valence-corrected chi connectivity index (χ4v) is 0.902. The molecule has 4 nitrogen and oxygen atoms in total. The average Bonchev–Trinajstić information content (AvgIpc) is 2.10. The Morgan fingerprint density at radius 2 is 2.31 bits per heavy atom. The normalized spacial score (nSPS) is 9.62. The Bertz CT molecular complexity index is 323. The molecule has 0 aromatic carbocycles. The Labute approximate surface area is 77.2 Å². The van der Waals surface area contributed by atoms with E-state index in [1.807, 2.05) is 6.92 Å². The summed E-state index contributed by atoms with van der Waals surface area (Å²) in [4.78, 5) is 3.89. The second kappa shape index (κ2) is 3.80. The number of nitrogens with two attached hydrogens (primary N) is 2. The molecule has 1 rings (SSSR count). The smallest absolute Gasteiger partial charge is 0.146 e. The van der Waals surface area contributed by atoms with Crippen LogP contribution in [0.1, 0.15) is 12.5 Å². The van der Waals surface area contributed by atoms with Crippen LogP contribution >= 0.6 is 0 Å². The highest BCUT2D eigenvalue weighted by Gasteiger charge is 2.02. The van der Waals surface area contributed by atoms with Crippen molar-refractivity contribution >= 4 is 17.3 Å². The molecule has 0 saturated heterocycles. The SMILES string of the molecule is C=C(OCC)c1cnc(N)c(N)c1. The zero-order valence-corrected chi connectivity index (χ0v) is 7.58. The van der Waals surface area contributed by atoms with Crippen LogP contribution in [0.3, 0.4) is 0 Å². The van der Waals surface area contributed by atoms with Crippen molar-refractivity contribution in [3.8, 4) is 0 Å². The van der Waals surface area contributed by atoms with E-state index < -0.39 is 0 Å². The Balaban J connectivity index is 2.90. The van der Waals surface area contributed by atoms with Gasteiger partial charge < -0.3 is 16.2 Å². The Morgan fingerprint density at radius 1 is 1.62 bits per heavy atom. The first-order valence-electron chi connectivity index (χ1n) is 3.98. The molecule has 0 spiro atoms. The fourth-order valence-electron chi connectivity index (χ4n) is 0.902. The van der Waals surface area contributed by atoms with Gasteiger partial charge in [-0.05, 0) is 13.0 Å². The highest BCUT2D eigenvalue weighted by Crippen LogP contribution is 2.18. The zero-order valence-electron chi connectivity index (χ0n) is 7.58. The third-order valence-corrected chi connectivity index (χ3v) is 1.59. The predicted octanol–water partition coefficient (Wildman–Crippen LogP) is 1.25. The summed E-state index contributed by atoms with van der Waals surface area (Å²) in [6.45, 7) is 6.19. The van der Waals surface area contributed by atoms with Gasteiger partial charge in [-0.25, -0.2) is 4.98 Å². The van der Waals surface area contributed by atoms with Crippen molar-refractivity contribution in [1.29, 1.82) is 0 Å². The van der Waals surface area contributed by atoms with Crippen LogP contribution in [0.5, 0.6) is 0 Å². The molecule has 0 atom stereocenters. The molecule has 4 heteroatoms. The molecule has 0 saturated carbocycles. The van der Waals surface area contributed by atoms with Gasteiger partial charge in [0.25, 0.3) is 0 Å². The monoisotopic (exact) mass is 179 g/mol. The van der Waals surface area contributed by atoms with E-state index in [9.17, 15) is 0 Å². The van der Waals surface area contributed by atoms with Crippen LogP contribution < -0.4 is 11.5 Å². The number of hydrogen-bond acceptors (Lipinski definition) is 4. The predicted molar refractivity (Wildman–Crippen MR) is 53.7 cm³/mol. The fraction of sp³-hybridized carbons (Fsp3) is 0.222. The highest BCUT2D eigenvalue weighted by molar-refractivity contribution is 5.66. The molecule has 4 N–H and O–H groups in total. The van der Waals surface area contributed by atoms with E-state index in [1.165, 1.54) is 0 Å². The van der Waals surface area contributed by atoms with E-state index in [2.05, 4.69) is 11.6 Å². The summed E-state index contributed by atoms with van der Waals surface area (Å²) in [5.41, 5.74) is 12.2. The van der Waals surface area contributed by atoms with Crippen LogP contribution in [-0.4, -0.2) is 11.6 Å². The zero-order chi connectivity index (χ0) is 9.84. The van der Waals surface area contributed by atoms with E-state index in [-0.39, 0.29) is 0 Å². The topological polar surface area (TPSA) is 74.2 Å². The van der Waals surface area contributed by atoms with Gasteiger partial charge in [-0.1, -0.05) is 6.58 Å². The molecule has 0 aliphatic rings. The molecule has 0 radical (unpaired) electrons. The molecule has 0 aliphatic carbocycles. The number of nitrogens with zero attached hydrogens (tertiary/aromatic N) is 1. The number of aromatic nitrogens is 1. The molecule has 70 valence electrons. The van der Waals surface area contributed by atoms with Crippen molar-refractivity contribution in [3.05, 3.63) is 24.4 Å². The number of ether oxygens (including phenoxy) is 1. The molecular formula is C9H13N3O. The Kier molecular flexibility index (Phi) is 2.74. The maximum Gasteiger partial charge on any atom is 0.146 e. The first-order chi connectivity index (χ1) is 6.15. The minimum atomic E-state index is 0.327. The van der Waals surface area contributed by atoms with Crippen molar-refractivity contribution in [2.24, 2.45) is 0 Å². The third kappa shape index (κ3) is 2.11. The van der Waals surface area contributed by atoms with Gasteiger partial charge in [0.15, 0.2) is 0 Å². The van der Waals surface area contributed by atoms with Crippen LogP contribution in [0.2, 0.25) is 0 Å². The lowest BCUT2D eigenvalue weighted by Gasteiger charge is -2.07. The van der Waals surface area contributed by atoms with Gasteiger partial charge >= 0.3 is 0 Å². The van der Waals surface area contributed by atoms with Crippen LogP contribution in [-0.2, 0) is 4.74 Å². The quantitative estimate of drug-likeness (QED) is 0.685.